The summed E-state index contributed by atoms with van der Waals surface area (Å²) in [6, 6.07) is 3.23. The minimum absolute atomic E-state index is 0.0521. The van der Waals surface area contributed by atoms with E-state index in [1.54, 1.807) is 7.05 Å². The zero-order chi connectivity index (χ0) is 14.9. The van der Waals surface area contributed by atoms with E-state index in [1.165, 1.54) is 17.1 Å². The van der Waals surface area contributed by atoms with E-state index in [2.05, 4.69) is 22.3 Å². The number of aryl methyl sites for hydroxylation is 1. The van der Waals surface area contributed by atoms with E-state index in [4.69, 9.17) is 10.5 Å². The Morgan fingerprint density at radius 2 is 2.10 bits per heavy atom. The molecule has 0 bridgehead atoms. The normalized spacial score (nSPS) is 11.4. The van der Waals surface area contributed by atoms with Crippen molar-refractivity contribution >= 4 is 17.2 Å². The van der Waals surface area contributed by atoms with Gasteiger partial charge in [0, 0.05) is 12.6 Å². The van der Waals surface area contributed by atoms with Gasteiger partial charge in [-0.2, -0.15) is 18.2 Å². The lowest BCUT2D eigenvalue weighted by molar-refractivity contribution is -0.137. The van der Waals surface area contributed by atoms with Crippen LogP contribution in [0.15, 0.2) is 24.5 Å². The van der Waals surface area contributed by atoms with Crippen molar-refractivity contribution < 1.29 is 17.9 Å². The van der Waals surface area contributed by atoms with Crippen LogP contribution in [-0.4, -0.2) is 19.8 Å². The van der Waals surface area contributed by atoms with E-state index < -0.39 is 11.7 Å². The first-order chi connectivity index (χ1) is 9.27. The molecule has 0 amide bonds. The van der Waals surface area contributed by atoms with Crippen molar-refractivity contribution in [3.05, 3.63) is 35.7 Å². The molecule has 5 nitrogen and oxygen atoms in total. The number of nitrogens with zero attached hydrogens (tertiary/aromatic N) is 3. The van der Waals surface area contributed by atoms with Crippen LogP contribution in [0.5, 0.6) is 11.8 Å². The third kappa shape index (κ3) is 3.05. The van der Waals surface area contributed by atoms with Crippen LogP contribution in [-0.2, 0) is 13.2 Å². The lowest BCUT2D eigenvalue weighted by Crippen LogP contribution is -2.17. The fourth-order valence-corrected chi connectivity index (χ4v) is 1.69. The largest absolute Gasteiger partial charge is 0.423 e. The number of ether oxygens (including phenoxy) is 1. The Balaban J connectivity index is 2.39. The van der Waals surface area contributed by atoms with Crippen LogP contribution < -0.4 is 10.5 Å². The Bertz CT molecular complexity index is 653. The fraction of sp³-hybridized carbons (Fsp3) is 0.182. The predicted octanol–water partition coefficient (Wildman–Crippen LogP) is 2.26. The molecule has 0 saturated carbocycles. The Hall–Kier alpha value is -2.16. The third-order valence-corrected chi connectivity index (χ3v) is 2.57. The molecule has 0 aliphatic carbocycles. The molecule has 9 heteroatoms. The van der Waals surface area contributed by atoms with Gasteiger partial charge in [-0.15, -0.1) is 5.10 Å². The zero-order valence-corrected chi connectivity index (χ0v) is 11.0. The smallest absolute Gasteiger partial charge is 0.417 e. The van der Waals surface area contributed by atoms with Crippen molar-refractivity contribution in [2.75, 3.05) is 0 Å². The van der Waals surface area contributed by atoms with Gasteiger partial charge in [-0.1, -0.05) is 12.2 Å². The standard InChI is InChI=1S/C11H9F3N4OS/c1-18-5-16-10(17-18)19-6-2-3-7(9(15)20)8(4-6)11(12,13)14/h2-5H,1H3,(H2,15,20). The van der Waals surface area contributed by atoms with Crippen molar-refractivity contribution in [1.29, 1.82) is 0 Å². The summed E-state index contributed by atoms with van der Waals surface area (Å²) in [6.07, 6.45) is -3.22. The molecule has 0 atom stereocenters. The molecule has 0 fully saturated rings. The van der Waals surface area contributed by atoms with Gasteiger partial charge in [0.2, 0.25) is 0 Å². The average Bonchev–Trinajstić information content (AvgIpc) is 2.73. The van der Waals surface area contributed by atoms with E-state index >= 15 is 0 Å². The monoisotopic (exact) mass is 302 g/mol. The van der Waals surface area contributed by atoms with Gasteiger partial charge in [-0.25, -0.2) is 0 Å². The van der Waals surface area contributed by atoms with Crippen molar-refractivity contribution in [3.8, 4) is 11.8 Å². The highest BCUT2D eigenvalue weighted by Gasteiger charge is 2.34. The minimum Gasteiger partial charge on any atom is -0.423 e. The van der Waals surface area contributed by atoms with Gasteiger partial charge in [-0.3, -0.25) is 4.68 Å². The molecule has 1 aromatic heterocycles. The molecule has 0 saturated heterocycles. The SMILES string of the molecule is Cn1cnc(Oc2ccc(C(N)=S)c(C(F)(F)F)c2)n1. The first-order valence-corrected chi connectivity index (χ1v) is 5.73. The number of hydrogen-bond donors (Lipinski definition) is 1. The Morgan fingerprint density at radius 3 is 2.60 bits per heavy atom. The highest BCUT2D eigenvalue weighted by molar-refractivity contribution is 7.80. The van der Waals surface area contributed by atoms with Gasteiger partial charge in [0.25, 0.3) is 0 Å². The number of alkyl halides is 3. The van der Waals surface area contributed by atoms with Crippen LogP contribution in [0, 0.1) is 0 Å². The molecular weight excluding hydrogens is 293 g/mol. The lowest BCUT2D eigenvalue weighted by Gasteiger charge is -2.13. The molecule has 0 spiro atoms. The molecule has 2 aromatic rings. The van der Waals surface area contributed by atoms with E-state index in [0.29, 0.717) is 0 Å². The summed E-state index contributed by atoms with van der Waals surface area (Å²) < 4.78 is 45.3. The summed E-state index contributed by atoms with van der Waals surface area (Å²) in [7, 11) is 1.61. The van der Waals surface area contributed by atoms with Crippen LogP contribution in [0.1, 0.15) is 11.1 Å². The molecule has 0 aliphatic rings. The summed E-state index contributed by atoms with van der Waals surface area (Å²) in [5, 5.41) is 3.81. The highest BCUT2D eigenvalue weighted by atomic mass is 32.1. The first-order valence-electron chi connectivity index (χ1n) is 5.32. The predicted molar refractivity (Wildman–Crippen MR) is 68.4 cm³/mol. The molecular formula is C11H9F3N4OS. The van der Waals surface area contributed by atoms with E-state index in [9.17, 15) is 13.2 Å². The average molecular weight is 302 g/mol. The number of benzene rings is 1. The van der Waals surface area contributed by atoms with Crippen molar-refractivity contribution in [2.24, 2.45) is 12.8 Å². The zero-order valence-electron chi connectivity index (χ0n) is 10.2. The second kappa shape index (κ2) is 5.08. The van der Waals surface area contributed by atoms with Gasteiger partial charge in [-0.05, 0) is 18.2 Å². The van der Waals surface area contributed by atoms with Crippen molar-refractivity contribution in [2.45, 2.75) is 6.18 Å². The van der Waals surface area contributed by atoms with Gasteiger partial charge in [0.15, 0.2) is 0 Å². The maximum Gasteiger partial charge on any atom is 0.417 e. The summed E-state index contributed by atoms with van der Waals surface area (Å²) in [5.74, 6) is -0.0523. The summed E-state index contributed by atoms with van der Waals surface area (Å²) >= 11 is 4.60. The van der Waals surface area contributed by atoms with Gasteiger partial charge in [0.1, 0.15) is 17.1 Å². The van der Waals surface area contributed by atoms with Crippen molar-refractivity contribution in [3.63, 3.8) is 0 Å². The molecule has 0 aliphatic heterocycles. The number of rotatable bonds is 3. The molecule has 1 heterocycles. The summed E-state index contributed by atoms with van der Waals surface area (Å²) in [6.45, 7) is 0. The van der Waals surface area contributed by atoms with Crippen LogP contribution in [0.3, 0.4) is 0 Å². The maximum absolute atomic E-state index is 12.9. The van der Waals surface area contributed by atoms with Crippen LogP contribution in [0.4, 0.5) is 13.2 Å². The lowest BCUT2D eigenvalue weighted by atomic mass is 10.1. The first kappa shape index (κ1) is 14.3. The van der Waals surface area contributed by atoms with Gasteiger partial charge < -0.3 is 10.5 Å². The van der Waals surface area contributed by atoms with Crippen LogP contribution in [0.2, 0.25) is 0 Å². The number of nitrogens with two attached hydrogens (primary N) is 1. The topological polar surface area (TPSA) is 66.0 Å². The Labute approximate surface area is 117 Å². The second-order valence-corrected chi connectivity index (χ2v) is 4.31. The molecule has 106 valence electrons. The van der Waals surface area contributed by atoms with Gasteiger partial charge >= 0.3 is 12.2 Å². The number of aromatic nitrogens is 3. The van der Waals surface area contributed by atoms with E-state index in [0.717, 1.165) is 12.1 Å². The number of thiocarbonyl (C=S) groups is 1. The van der Waals surface area contributed by atoms with E-state index in [1.807, 2.05) is 0 Å². The van der Waals surface area contributed by atoms with Crippen LogP contribution in [0.25, 0.3) is 0 Å². The van der Waals surface area contributed by atoms with Crippen molar-refractivity contribution in [1.82, 2.24) is 14.8 Å². The molecule has 1 aromatic carbocycles. The molecule has 0 unspecified atom stereocenters. The summed E-state index contributed by atoms with van der Waals surface area (Å²) in [5.41, 5.74) is 4.06. The molecule has 20 heavy (non-hydrogen) atoms. The molecule has 2 rings (SSSR count). The number of halogens is 3. The minimum atomic E-state index is -4.59. The second-order valence-electron chi connectivity index (χ2n) is 3.87. The molecule has 0 radical (unpaired) electrons. The van der Waals surface area contributed by atoms with E-state index in [-0.39, 0.29) is 22.3 Å². The number of hydrogen-bond acceptors (Lipinski definition) is 4. The van der Waals surface area contributed by atoms with Crippen LogP contribution >= 0.6 is 12.2 Å². The van der Waals surface area contributed by atoms with Gasteiger partial charge in [0.05, 0.1) is 5.56 Å². The Kier molecular flexibility index (Phi) is 3.62. The highest BCUT2D eigenvalue weighted by Crippen LogP contribution is 2.35. The Morgan fingerprint density at radius 1 is 1.40 bits per heavy atom. The fourth-order valence-electron chi connectivity index (χ4n) is 1.51. The molecule has 2 N–H and O–H groups in total. The summed E-state index contributed by atoms with van der Waals surface area (Å²) in [4.78, 5) is 3.42. The quantitative estimate of drug-likeness (QED) is 0.881. The maximum atomic E-state index is 12.9. The third-order valence-electron chi connectivity index (χ3n) is 2.35.